The van der Waals surface area contributed by atoms with Gasteiger partial charge < -0.3 is 9.26 Å². The van der Waals surface area contributed by atoms with E-state index in [2.05, 4.69) is 5.16 Å². The van der Waals surface area contributed by atoms with E-state index in [0.29, 0.717) is 17.9 Å². The molecule has 0 saturated heterocycles. The molecule has 7 heteroatoms. The van der Waals surface area contributed by atoms with Crippen LogP contribution in [0.5, 0.6) is 5.75 Å². The SMILES string of the molecule is Cc1noc(CC(CC(=O)c2ccc(OCc3ccccc3)cc2)c2ccccc2)c1[N+](=O)[O-]. The molecule has 1 aromatic heterocycles. The molecular formula is C27H24N2O5. The van der Waals surface area contributed by atoms with Crippen LogP contribution in [0.3, 0.4) is 0 Å². The molecule has 172 valence electrons. The third-order valence-electron chi connectivity index (χ3n) is 5.64. The number of aromatic nitrogens is 1. The Morgan fingerprint density at radius 1 is 1.00 bits per heavy atom. The predicted molar refractivity (Wildman–Crippen MR) is 127 cm³/mol. The second-order valence-electron chi connectivity index (χ2n) is 8.03. The lowest BCUT2D eigenvalue weighted by Crippen LogP contribution is -2.11. The Kier molecular flexibility index (Phi) is 7.13. The molecule has 0 aliphatic heterocycles. The number of Topliss-reactive ketones (excluding diaryl/α,β-unsaturated/α-hetero) is 1. The Morgan fingerprint density at radius 2 is 1.65 bits per heavy atom. The Morgan fingerprint density at radius 3 is 2.29 bits per heavy atom. The average molecular weight is 456 g/mol. The van der Waals surface area contributed by atoms with Crippen molar-refractivity contribution in [3.63, 3.8) is 0 Å². The molecular weight excluding hydrogens is 432 g/mol. The number of nitrogens with zero attached hydrogens (tertiary/aromatic N) is 2. The van der Waals surface area contributed by atoms with Crippen LogP contribution in [0.2, 0.25) is 0 Å². The van der Waals surface area contributed by atoms with Crippen LogP contribution in [-0.2, 0) is 13.0 Å². The summed E-state index contributed by atoms with van der Waals surface area (Å²) in [5.74, 6) is 0.484. The summed E-state index contributed by atoms with van der Waals surface area (Å²) in [7, 11) is 0. The molecule has 1 heterocycles. The number of ether oxygens (including phenoxy) is 1. The van der Waals surface area contributed by atoms with Crippen molar-refractivity contribution in [2.45, 2.75) is 32.3 Å². The van der Waals surface area contributed by atoms with Gasteiger partial charge in [-0.1, -0.05) is 65.8 Å². The molecule has 0 aliphatic rings. The van der Waals surface area contributed by atoms with Crippen LogP contribution < -0.4 is 4.74 Å². The maximum absolute atomic E-state index is 13.1. The smallest absolute Gasteiger partial charge is 0.334 e. The van der Waals surface area contributed by atoms with Crippen LogP contribution in [-0.4, -0.2) is 15.9 Å². The van der Waals surface area contributed by atoms with Crippen LogP contribution in [0.4, 0.5) is 5.69 Å². The maximum Gasteiger partial charge on any atom is 0.334 e. The van der Waals surface area contributed by atoms with Crippen molar-refractivity contribution in [3.8, 4) is 5.75 Å². The van der Waals surface area contributed by atoms with Crippen molar-refractivity contribution in [2.75, 3.05) is 0 Å². The second kappa shape index (κ2) is 10.6. The van der Waals surface area contributed by atoms with E-state index in [1.807, 2.05) is 60.7 Å². The molecule has 4 aromatic rings. The first kappa shape index (κ1) is 22.9. The second-order valence-corrected chi connectivity index (χ2v) is 8.03. The van der Waals surface area contributed by atoms with Crippen LogP contribution in [0, 0.1) is 17.0 Å². The van der Waals surface area contributed by atoms with Gasteiger partial charge in [-0.3, -0.25) is 14.9 Å². The van der Waals surface area contributed by atoms with Crippen molar-refractivity contribution in [1.82, 2.24) is 5.16 Å². The number of ketones is 1. The highest BCUT2D eigenvalue weighted by Gasteiger charge is 2.28. The molecule has 1 unspecified atom stereocenters. The molecule has 4 rings (SSSR count). The van der Waals surface area contributed by atoms with E-state index < -0.39 is 4.92 Å². The van der Waals surface area contributed by atoms with Gasteiger partial charge in [-0.05, 0) is 48.2 Å². The average Bonchev–Trinajstić information content (AvgIpc) is 3.24. The van der Waals surface area contributed by atoms with Gasteiger partial charge in [0, 0.05) is 18.4 Å². The lowest BCUT2D eigenvalue weighted by atomic mass is 9.88. The Balaban J connectivity index is 1.48. The Hall–Kier alpha value is -4.26. The minimum atomic E-state index is -0.487. The summed E-state index contributed by atoms with van der Waals surface area (Å²) in [4.78, 5) is 24.1. The zero-order valence-electron chi connectivity index (χ0n) is 18.7. The van der Waals surface area contributed by atoms with Gasteiger partial charge in [0.2, 0.25) is 5.76 Å². The Labute approximate surface area is 197 Å². The van der Waals surface area contributed by atoms with Gasteiger partial charge in [0.1, 0.15) is 12.4 Å². The highest BCUT2D eigenvalue weighted by molar-refractivity contribution is 5.96. The first-order valence-electron chi connectivity index (χ1n) is 11.0. The number of carbonyl (C=O) groups is 1. The van der Waals surface area contributed by atoms with Crippen molar-refractivity contribution < 1.29 is 19.0 Å². The zero-order chi connectivity index (χ0) is 23.9. The van der Waals surface area contributed by atoms with E-state index in [-0.39, 0.29) is 41.7 Å². The van der Waals surface area contributed by atoms with Crippen molar-refractivity contribution in [2.24, 2.45) is 0 Å². The number of benzene rings is 3. The summed E-state index contributed by atoms with van der Waals surface area (Å²) < 4.78 is 11.1. The number of rotatable bonds is 10. The first-order chi connectivity index (χ1) is 16.5. The third-order valence-corrected chi connectivity index (χ3v) is 5.64. The van der Waals surface area contributed by atoms with E-state index in [1.165, 1.54) is 6.92 Å². The van der Waals surface area contributed by atoms with E-state index in [4.69, 9.17) is 9.26 Å². The van der Waals surface area contributed by atoms with Crippen molar-refractivity contribution in [1.29, 1.82) is 0 Å². The van der Waals surface area contributed by atoms with Crippen molar-refractivity contribution >= 4 is 11.5 Å². The number of aryl methyl sites for hydroxylation is 1. The molecule has 0 amide bonds. The predicted octanol–water partition coefficient (Wildman–Crippen LogP) is 6.07. The highest BCUT2D eigenvalue weighted by atomic mass is 16.6. The minimum absolute atomic E-state index is 0.0673. The van der Waals surface area contributed by atoms with E-state index in [1.54, 1.807) is 24.3 Å². The van der Waals surface area contributed by atoms with Crippen LogP contribution >= 0.6 is 0 Å². The summed E-state index contributed by atoms with van der Waals surface area (Å²) in [6, 6.07) is 26.3. The molecule has 3 aromatic carbocycles. The van der Waals surface area contributed by atoms with Crippen molar-refractivity contribution in [3.05, 3.63) is 123 Å². The van der Waals surface area contributed by atoms with Gasteiger partial charge >= 0.3 is 5.69 Å². The third kappa shape index (κ3) is 5.56. The molecule has 0 bridgehead atoms. The molecule has 0 spiro atoms. The van der Waals surface area contributed by atoms with E-state index in [0.717, 1.165) is 11.1 Å². The fraction of sp³-hybridized carbons (Fsp3) is 0.185. The zero-order valence-corrected chi connectivity index (χ0v) is 18.7. The van der Waals surface area contributed by atoms with Gasteiger partial charge in [0.05, 0.1) is 4.92 Å². The van der Waals surface area contributed by atoms with Gasteiger partial charge in [-0.2, -0.15) is 0 Å². The molecule has 1 atom stereocenters. The van der Waals surface area contributed by atoms with E-state index >= 15 is 0 Å². The highest BCUT2D eigenvalue weighted by Crippen LogP contribution is 2.32. The summed E-state index contributed by atoms with van der Waals surface area (Å²) in [5.41, 5.74) is 2.61. The summed E-state index contributed by atoms with van der Waals surface area (Å²) in [6.45, 7) is 1.98. The first-order valence-corrected chi connectivity index (χ1v) is 11.0. The number of nitro groups is 1. The normalized spacial score (nSPS) is 11.7. The molecule has 0 fully saturated rings. The monoisotopic (exact) mass is 456 g/mol. The molecule has 0 aliphatic carbocycles. The summed E-state index contributed by atoms with van der Waals surface area (Å²) in [5, 5.41) is 15.2. The fourth-order valence-corrected chi connectivity index (χ4v) is 3.86. The molecule has 0 radical (unpaired) electrons. The maximum atomic E-state index is 13.1. The fourth-order valence-electron chi connectivity index (χ4n) is 3.86. The lowest BCUT2D eigenvalue weighted by Gasteiger charge is -2.15. The number of carbonyl (C=O) groups excluding carboxylic acids is 1. The summed E-state index contributed by atoms with van der Waals surface area (Å²) in [6.07, 6.45) is 0.371. The van der Waals surface area contributed by atoms with E-state index in [9.17, 15) is 14.9 Å². The Bertz CT molecular complexity index is 1250. The number of hydrogen-bond acceptors (Lipinski definition) is 6. The molecule has 7 nitrogen and oxygen atoms in total. The standard InChI is InChI=1S/C27H24N2O5/c1-19-27(29(31)32)26(34-28-19)17-23(21-10-6-3-7-11-21)16-25(30)22-12-14-24(15-13-22)33-18-20-8-4-2-5-9-20/h2-15,23H,16-18H2,1H3. The molecule has 0 saturated carbocycles. The largest absolute Gasteiger partial charge is 0.489 e. The van der Waals surface area contributed by atoms with Crippen LogP contribution in [0.25, 0.3) is 0 Å². The van der Waals surface area contributed by atoms with Crippen LogP contribution in [0.1, 0.15) is 45.3 Å². The van der Waals surface area contributed by atoms with Gasteiger partial charge in [0.25, 0.3) is 0 Å². The topological polar surface area (TPSA) is 95.5 Å². The van der Waals surface area contributed by atoms with Gasteiger partial charge in [0.15, 0.2) is 11.5 Å². The van der Waals surface area contributed by atoms with Gasteiger partial charge in [-0.15, -0.1) is 0 Å². The minimum Gasteiger partial charge on any atom is -0.489 e. The summed E-state index contributed by atoms with van der Waals surface area (Å²) >= 11 is 0. The lowest BCUT2D eigenvalue weighted by molar-refractivity contribution is -0.386. The molecule has 34 heavy (non-hydrogen) atoms. The number of hydrogen-bond donors (Lipinski definition) is 0. The van der Waals surface area contributed by atoms with Crippen LogP contribution in [0.15, 0.2) is 89.5 Å². The van der Waals surface area contributed by atoms with Gasteiger partial charge in [-0.25, -0.2) is 0 Å². The quantitative estimate of drug-likeness (QED) is 0.163. The molecule has 0 N–H and O–H groups in total.